The second-order valence-corrected chi connectivity index (χ2v) is 5.94. The Hall–Kier alpha value is -1.24. The molecule has 1 unspecified atom stereocenters. The summed E-state index contributed by atoms with van der Waals surface area (Å²) in [6.07, 6.45) is 4.88. The fraction of sp³-hybridized carbons (Fsp3) is 0.500. The monoisotopic (exact) mass is 230 g/mol. The van der Waals surface area contributed by atoms with Gasteiger partial charge in [-0.1, -0.05) is 37.6 Å². The highest BCUT2D eigenvalue weighted by molar-refractivity contribution is 5.33. The molecule has 17 heavy (non-hydrogen) atoms. The van der Waals surface area contributed by atoms with E-state index < -0.39 is 0 Å². The van der Waals surface area contributed by atoms with Crippen LogP contribution in [0.4, 0.5) is 0 Å². The average molecular weight is 230 g/mol. The van der Waals surface area contributed by atoms with E-state index in [-0.39, 0.29) is 0 Å². The Bertz CT molecular complexity index is 412. The standard InChI is InChI=1S/C16H22O/c1-12-9-14(11-16(2,3)10-12)13-5-7-15(17-4)8-6-13/h5-9,14H,10-11H2,1-4H3. The van der Waals surface area contributed by atoms with Crippen LogP contribution < -0.4 is 4.74 Å². The van der Waals surface area contributed by atoms with Gasteiger partial charge >= 0.3 is 0 Å². The molecule has 1 aliphatic carbocycles. The molecule has 1 heteroatoms. The molecular weight excluding hydrogens is 208 g/mol. The molecule has 0 amide bonds. The highest BCUT2D eigenvalue weighted by atomic mass is 16.5. The molecule has 0 saturated heterocycles. The van der Waals surface area contributed by atoms with E-state index in [1.54, 1.807) is 7.11 Å². The van der Waals surface area contributed by atoms with Crippen LogP contribution in [0.2, 0.25) is 0 Å². The molecule has 1 aromatic rings. The molecule has 1 nitrogen and oxygen atoms in total. The van der Waals surface area contributed by atoms with E-state index in [1.165, 1.54) is 24.0 Å². The number of hydrogen-bond acceptors (Lipinski definition) is 1. The lowest BCUT2D eigenvalue weighted by Crippen LogP contribution is -2.20. The van der Waals surface area contributed by atoms with Gasteiger partial charge in [0, 0.05) is 5.92 Å². The predicted octanol–water partition coefficient (Wildman–Crippen LogP) is 4.55. The topological polar surface area (TPSA) is 9.23 Å². The van der Waals surface area contributed by atoms with Crippen LogP contribution in [-0.2, 0) is 0 Å². The van der Waals surface area contributed by atoms with Crippen LogP contribution in [0, 0.1) is 5.41 Å². The van der Waals surface area contributed by atoms with Gasteiger partial charge < -0.3 is 4.74 Å². The Labute approximate surface area is 104 Å². The normalized spacial score (nSPS) is 23.1. The maximum absolute atomic E-state index is 5.20. The first-order valence-electron chi connectivity index (χ1n) is 6.31. The van der Waals surface area contributed by atoms with Crippen LogP contribution in [0.25, 0.3) is 0 Å². The summed E-state index contributed by atoms with van der Waals surface area (Å²) in [5, 5.41) is 0. The largest absolute Gasteiger partial charge is 0.497 e. The molecule has 0 saturated carbocycles. The van der Waals surface area contributed by atoms with Gasteiger partial charge in [0.1, 0.15) is 5.75 Å². The fourth-order valence-electron chi connectivity index (χ4n) is 2.95. The first kappa shape index (κ1) is 12.2. The lowest BCUT2D eigenvalue weighted by Gasteiger charge is -2.34. The number of allylic oxidation sites excluding steroid dienone is 2. The minimum Gasteiger partial charge on any atom is -0.497 e. The van der Waals surface area contributed by atoms with E-state index in [2.05, 4.69) is 51.1 Å². The minimum atomic E-state index is 0.420. The van der Waals surface area contributed by atoms with Crippen molar-refractivity contribution >= 4 is 0 Å². The summed E-state index contributed by atoms with van der Waals surface area (Å²) < 4.78 is 5.20. The summed E-state index contributed by atoms with van der Waals surface area (Å²) in [4.78, 5) is 0. The summed E-state index contributed by atoms with van der Waals surface area (Å²) in [6.45, 7) is 6.97. The Morgan fingerprint density at radius 3 is 2.35 bits per heavy atom. The van der Waals surface area contributed by atoms with Gasteiger partial charge in [0.05, 0.1) is 7.11 Å². The highest BCUT2D eigenvalue weighted by Crippen LogP contribution is 2.42. The Morgan fingerprint density at radius 1 is 1.18 bits per heavy atom. The van der Waals surface area contributed by atoms with Gasteiger partial charge in [0.2, 0.25) is 0 Å². The molecule has 0 fully saturated rings. The van der Waals surface area contributed by atoms with Crippen molar-refractivity contribution in [3.05, 3.63) is 41.5 Å². The van der Waals surface area contributed by atoms with Crippen LogP contribution in [0.15, 0.2) is 35.9 Å². The molecule has 1 aliphatic rings. The number of ether oxygens (including phenoxy) is 1. The van der Waals surface area contributed by atoms with Gasteiger partial charge in [-0.3, -0.25) is 0 Å². The van der Waals surface area contributed by atoms with Crippen molar-refractivity contribution in [1.29, 1.82) is 0 Å². The second kappa shape index (κ2) is 4.56. The zero-order chi connectivity index (χ0) is 12.5. The third-order valence-corrected chi connectivity index (χ3v) is 3.56. The summed E-state index contributed by atoms with van der Waals surface area (Å²) >= 11 is 0. The molecule has 2 rings (SSSR count). The minimum absolute atomic E-state index is 0.420. The van der Waals surface area contributed by atoms with Crippen molar-refractivity contribution in [1.82, 2.24) is 0 Å². The third kappa shape index (κ3) is 2.91. The van der Waals surface area contributed by atoms with Crippen molar-refractivity contribution in [3.63, 3.8) is 0 Å². The SMILES string of the molecule is COc1ccc(C2C=C(C)CC(C)(C)C2)cc1. The van der Waals surface area contributed by atoms with E-state index in [0.29, 0.717) is 11.3 Å². The Balaban J connectivity index is 2.24. The number of rotatable bonds is 2. The molecule has 0 heterocycles. The summed E-state index contributed by atoms with van der Waals surface area (Å²) in [6, 6.07) is 8.49. The molecule has 1 atom stereocenters. The van der Waals surface area contributed by atoms with Crippen LogP contribution in [0.1, 0.15) is 45.1 Å². The zero-order valence-electron chi connectivity index (χ0n) is 11.3. The highest BCUT2D eigenvalue weighted by Gasteiger charge is 2.27. The Kier molecular flexibility index (Phi) is 3.28. The zero-order valence-corrected chi connectivity index (χ0v) is 11.3. The first-order valence-corrected chi connectivity index (χ1v) is 6.31. The van der Waals surface area contributed by atoms with Crippen molar-refractivity contribution in [2.45, 2.75) is 39.5 Å². The average Bonchev–Trinajstić information content (AvgIpc) is 2.26. The molecule has 0 radical (unpaired) electrons. The van der Waals surface area contributed by atoms with Gasteiger partial charge in [-0.2, -0.15) is 0 Å². The van der Waals surface area contributed by atoms with Gasteiger partial charge in [0.25, 0.3) is 0 Å². The van der Waals surface area contributed by atoms with Crippen LogP contribution >= 0.6 is 0 Å². The molecule has 92 valence electrons. The smallest absolute Gasteiger partial charge is 0.118 e. The lowest BCUT2D eigenvalue weighted by atomic mass is 9.71. The van der Waals surface area contributed by atoms with E-state index in [1.807, 2.05) is 0 Å². The third-order valence-electron chi connectivity index (χ3n) is 3.56. The van der Waals surface area contributed by atoms with Crippen molar-refractivity contribution in [3.8, 4) is 5.75 Å². The summed E-state index contributed by atoms with van der Waals surface area (Å²) in [5.41, 5.74) is 3.34. The van der Waals surface area contributed by atoms with Crippen molar-refractivity contribution in [2.24, 2.45) is 5.41 Å². The molecule has 0 N–H and O–H groups in total. The number of methoxy groups -OCH3 is 1. The summed E-state index contributed by atoms with van der Waals surface area (Å²) in [5.74, 6) is 1.49. The van der Waals surface area contributed by atoms with Crippen molar-refractivity contribution in [2.75, 3.05) is 7.11 Å². The second-order valence-electron chi connectivity index (χ2n) is 5.94. The molecule has 1 aromatic carbocycles. The molecule has 0 aliphatic heterocycles. The quantitative estimate of drug-likeness (QED) is 0.677. The molecular formula is C16H22O. The van der Waals surface area contributed by atoms with Crippen molar-refractivity contribution < 1.29 is 4.74 Å². The van der Waals surface area contributed by atoms with E-state index in [9.17, 15) is 0 Å². The van der Waals surface area contributed by atoms with Gasteiger partial charge in [-0.05, 0) is 42.9 Å². The van der Waals surface area contributed by atoms with E-state index >= 15 is 0 Å². The number of hydrogen-bond donors (Lipinski definition) is 0. The van der Waals surface area contributed by atoms with Gasteiger partial charge in [-0.15, -0.1) is 0 Å². The Morgan fingerprint density at radius 2 is 1.82 bits per heavy atom. The predicted molar refractivity (Wildman–Crippen MR) is 72.5 cm³/mol. The maximum Gasteiger partial charge on any atom is 0.118 e. The lowest BCUT2D eigenvalue weighted by molar-refractivity contribution is 0.301. The molecule has 0 bridgehead atoms. The van der Waals surface area contributed by atoms with Crippen LogP contribution in [0.3, 0.4) is 0 Å². The maximum atomic E-state index is 5.20. The number of benzene rings is 1. The first-order chi connectivity index (χ1) is 8.00. The van der Waals surface area contributed by atoms with Gasteiger partial charge in [0.15, 0.2) is 0 Å². The molecule has 0 spiro atoms. The van der Waals surface area contributed by atoms with Crippen LogP contribution in [0.5, 0.6) is 5.75 Å². The summed E-state index contributed by atoms with van der Waals surface area (Å²) in [7, 11) is 1.71. The molecule has 0 aromatic heterocycles. The fourth-order valence-corrected chi connectivity index (χ4v) is 2.95. The van der Waals surface area contributed by atoms with Gasteiger partial charge in [-0.25, -0.2) is 0 Å². The van der Waals surface area contributed by atoms with E-state index in [0.717, 1.165) is 5.75 Å². The van der Waals surface area contributed by atoms with Crippen LogP contribution in [-0.4, -0.2) is 7.11 Å². The van der Waals surface area contributed by atoms with E-state index in [4.69, 9.17) is 4.74 Å².